The van der Waals surface area contributed by atoms with Gasteiger partial charge in [-0.1, -0.05) is 18.2 Å². The number of hydrogen-bond donors (Lipinski definition) is 3. The molecular weight excluding hydrogens is 348 g/mol. The first-order valence-corrected chi connectivity index (χ1v) is 9.89. The standard InChI is InChI=1S/C23H26N4O/c24-23(28)13-17-3-8-22-20(12-17)21(15-27-22)18-4-6-19(7-5-18)26-11-9-16-2-1-10-25-14-16/h1-4,8,10,12,14-15,19,26-27H,5-7,9,11,13H2,(H2,24,28). The second-order valence-corrected chi connectivity index (χ2v) is 7.49. The molecule has 0 fully saturated rings. The second kappa shape index (κ2) is 8.40. The van der Waals surface area contributed by atoms with Crippen molar-refractivity contribution in [2.24, 2.45) is 5.73 Å². The maximum atomic E-state index is 11.2. The highest BCUT2D eigenvalue weighted by Gasteiger charge is 2.17. The normalized spacial score (nSPS) is 16.9. The summed E-state index contributed by atoms with van der Waals surface area (Å²) in [6.45, 7) is 0.975. The number of benzene rings is 1. The summed E-state index contributed by atoms with van der Waals surface area (Å²) in [6.07, 6.45) is 12.7. The van der Waals surface area contributed by atoms with Crippen molar-refractivity contribution < 1.29 is 4.79 Å². The van der Waals surface area contributed by atoms with E-state index in [1.165, 1.54) is 22.1 Å². The van der Waals surface area contributed by atoms with Gasteiger partial charge in [-0.05, 0) is 67.1 Å². The van der Waals surface area contributed by atoms with Gasteiger partial charge in [0.15, 0.2) is 0 Å². The number of pyridine rings is 1. The second-order valence-electron chi connectivity index (χ2n) is 7.49. The molecule has 5 heteroatoms. The molecule has 0 radical (unpaired) electrons. The van der Waals surface area contributed by atoms with E-state index in [0.717, 1.165) is 43.3 Å². The number of nitrogens with one attached hydrogen (secondary N) is 2. The third-order valence-electron chi connectivity index (χ3n) is 5.45. The van der Waals surface area contributed by atoms with Crippen molar-refractivity contribution in [2.75, 3.05) is 6.54 Å². The van der Waals surface area contributed by atoms with Crippen LogP contribution < -0.4 is 11.1 Å². The van der Waals surface area contributed by atoms with E-state index in [9.17, 15) is 4.79 Å². The van der Waals surface area contributed by atoms with E-state index in [1.54, 1.807) is 0 Å². The van der Waals surface area contributed by atoms with Gasteiger partial charge in [-0.25, -0.2) is 0 Å². The van der Waals surface area contributed by atoms with Crippen LogP contribution in [0.2, 0.25) is 0 Å². The van der Waals surface area contributed by atoms with Gasteiger partial charge in [-0.3, -0.25) is 9.78 Å². The summed E-state index contributed by atoms with van der Waals surface area (Å²) in [6, 6.07) is 10.7. The fourth-order valence-corrected chi connectivity index (χ4v) is 3.98. The van der Waals surface area contributed by atoms with E-state index in [4.69, 9.17) is 5.73 Å². The molecule has 1 atom stereocenters. The molecule has 2 aromatic heterocycles. The van der Waals surface area contributed by atoms with E-state index >= 15 is 0 Å². The maximum absolute atomic E-state index is 11.2. The van der Waals surface area contributed by atoms with Crippen molar-refractivity contribution in [2.45, 2.75) is 38.1 Å². The quantitative estimate of drug-likeness (QED) is 0.593. The Kier molecular flexibility index (Phi) is 5.53. The largest absolute Gasteiger partial charge is 0.369 e. The van der Waals surface area contributed by atoms with Crippen LogP contribution >= 0.6 is 0 Å². The Morgan fingerprint density at radius 2 is 2.21 bits per heavy atom. The van der Waals surface area contributed by atoms with Gasteiger partial charge in [0.2, 0.25) is 5.91 Å². The molecule has 0 bridgehead atoms. The fraction of sp³-hybridized carbons (Fsp3) is 0.304. The van der Waals surface area contributed by atoms with Crippen molar-refractivity contribution in [1.82, 2.24) is 15.3 Å². The number of rotatable bonds is 7. The Labute approximate surface area is 165 Å². The molecule has 3 aromatic rings. The molecule has 0 saturated carbocycles. The summed E-state index contributed by atoms with van der Waals surface area (Å²) in [5.74, 6) is -0.298. The third kappa shape index (κ3) is 4.31. The van der Waals surface area contributed by atoms with Crippen LogP contribution in [0.15, 0.2) is 55.0 Å². The average Bonchev–Trinajstić information content (AvgIpc) is 3.12. The van der Waals surface area contributed by atoms with Gasteiger partial charge in [0.05, 0.1) is 6.42 Å². The molecular formula is C23H26N4O. The van der Waals surface area contributed by atoms with Gasteiger partial charge < -0.3 is 16.0 Å². The molecule has 4 N–H and O–H groups in total. The van der Waals surface area contributed by atoms with E-state index in [0.29, 0.717) is 6.04 Å². The number of aromatic amines is 1. The van der Waals surface area contributed by atoms with Crippen LogP contribution in [-0.4, -0.2) is 28.5 Å². The SMILES string of the molecule is NC(=O)Cc1ccc2[nH]cc(C3=CCC(NCCc4cccnc4)CC3)c2c1. The number of hydrogen-bond acceptors (Lipinski definition) is 3. The van der Waals surface area contributed by atoms with Crippen molar-refractivity contribution in [3.05, 3.63) is 71.7 Å². The Hall–Kier alpha value is -2.92. The number of H-pyrrole nitrogens is 1. The van der Waals surface area contributed by atoms with Crippen molar-refractivity contribution in [3.8, 4) is 0 Å². The number of carbonyl (C=O) groups excluding carboxylic acids is 1. The predicted octanol–water partition coefficient (Wildman–Crippen LogP) is 3.36. The zero-order chi connectivity index (χ0) is 19.3. The van der Waals surface area contributed by atoms with Crippen molar-refractivity contribution >= 4 is 22.4 Å². The first-order chi connectivity index (χ1) is 13.7. The number of allylic oxidation sites excluding steroid dienone is 1. The number of fused-ring (bicyclic) bond motifs is 1. The minimum atomic E-state index is -0.298. The highest BCUT2D eigenvalue weighted by molar-refractivity contribution is 5.93. The van der Waals surface area contributed by atoms with E-state index < -0.39 is 0 Å². The molecule has 0 saturated heterocycles. The Morgan fingerprint density at radius 3 is 2.96 bits per heavy atom. The summed E-state index contributed by atoms with van der Waals surface area (Å²) >= 11 is 0. The van der Waals surface area contributed by atoms with Crippen LogP contribution in [0.5, 0.6) is 0 Å². The Bertz CT molecular complexity index is 990. The lowest BCUT2D eigenvalue weighted by Crippen LogP contribution is -2.31. The molecule has 0 spiro atoms. The summed E-state index contributed by atoms with van der Waals surface area (Å²) in [5, 5.41) is 4.85. The number of aromatic nitrogens is 2. The van der Waals surface area contributed by atoms with Gasteiger partial charge in [-0.2, -0.15) is 0 Å². The van der Waals surface area contributed by atoms with Crippen LogP contribution in [-0.2, 0) is 17.6 Å². The number of nitrogens with zero attached hydrogens (tertiary/aromatic N) is 1. The molecule has 28 heavy (non-hydrogen) atoms. The van der Waals surface area contributed by atoms with Crippen molar-refractivity contribution in [3.63, 3.8) is 0 Å². The smallest absolute Gasteiger partial charge is 0.221 e. The van der Waals surface area contributed by atoms with E-state index in [2.05, 4.69) is 39.7 Å². The number of amides is 1. The summed E-state index contributed by atoms with van der Waals surface area (Å²) in [5.41, 5.74) is 11.3. The molecule has 1 amide bonds. The number of nitrogens with two attached hydrogens (primary N) is 1. The zero-order valence-electron chi connectivity index (χ0n) is 15.9. The average molecular weight is 374 g/mol. The van der Waals surface area contributed by atoms with Gasteiger partial charge in [0.25, 0.3) is 0 Å². The van der Waals surface area contributed by atoms with Crippen LogP contribution in [0.4, 0.5) is 0 Å². The molecule has 144 valence electrons. The first-order valence-electron chi connectivity index (χ1n) is 9.89. The molecule has 1 aliphatic rings. The zero-order valence-corrected chi connectivity index (χ0v) is 15.9. The van der Waals surface area contributed by atoms with E-state index in [1.807, 2.05) is 30.6 Å². The van der Waals surface area contributed by atoms with Crippen LogP contribution in [0.3, 0.4) is 0 Å². The van der Waals surface area contributed by atoms with Crippen LogP contribution in [0.1, 0.15) is 36.0 Å². The van der Waals surface area contributed by atoms with Crippen LogP contribution in [0, 0.1) is 0 Å². The molecule has 1 unspecified atom stereocenters. The molecule has 0 aliphatic heterocycles. The summed E-state index contributed by atoms with van der Waals surface area (Å²) < 4.78 is 0. The summed E-state index contributed by atoms with van der Waals surface area (Å²) in [4.78, 5) is 18.8. The maximum Gasteiger partial charge on any atom is 0.221 e. The lowest BCUT2D eigenvalue weighted by Gasteiger charge is -2.23. The van der Waals surface area contributed by atoms with Gasteiger partial charge in [0, 0.05) is 41.1 Å². The molecule has 1 aliphatic carbocycles. The highest BCUT2D eigenvalue weighted by atomic mass is 16.1. The topological polar surface area (TPSA) is 83.8 Å². The molecule has 5 nitrogen and oxygen atoms in total. The fourth-order valence-electron chi connectivity index (χ4n) is 3.98. The van der Waals surface area contributed by atoms with Gasteiger partial charge in [0.1, 0.15) is 0 Å². The first kappa shape index (κ1) is 18.4. The predicted molar refractivity (Wildman–Crippen MR) is 113 cm³/mol. The minimum Gasteiger partial charge on any atom is -0.369 e. The molecule has 2 heterocycles. The Morgan fingerprint density at radius 1 is 1.29 bits per heavy atom. The lowest BCUT2D eigenvalue weighted by atomic mass is 9.90. The molecule has 1 aromatic carbocycles. The third-order valence-corrected chi connectivity index (χ3v) is 5.45. The lowest BCUT2D eigenvalue weighted by molar-refractivity contribution is -0.117. The monoisotopic (exact) mass is 374 g/mol. The van der Waals surface area contributed by atoms with Gasteiger partial charge in [-0.15, -0.1) is 0 Å². The Balaban J connectivity index is 1.40. The highest BCUT2D eigenvalue weighted by Crippen LogP contribution is 2.32. The number of primary amides is 1. The van der Waals surface area contributed by atoms with Crippen LogP contribution in [0.25, 0.3) is 16.5 Å². The molecule has 4 rings (SSSR count). The van der Waals surface area contributed by atoms with E-state index in [-0.39, 0.29) is 12.3 Å². The minimum absolute atomic E-state index is 0.280. The van der Waals surface area contributed by atoms with Crippen molar-refractivity contribution in [1.29, 1.82) is 0 Å². The summed E-state index contributed by atoms with van der Waals surface area (Å²) in [7, 11) is 0. The van der Waals surface area contributed by atoms with Gasteiger partial charge >= 0.3 is 0 Å². The number of carbonyl (C=O) groups is 1.